The van der Waals surface area contributed by atoms with Crippen LogP contribution in [0.4, 0.5) is 0 Å². The minimum atomic E-state index is -0.837. The standard InChI is InChI=1S/C21H27N3O3/c1-22(10-9-21(26)27)16-20(25)24-13-11-23(12-14-24)15-18-7-4-6-17-5-2-3-8-19(17)18/h2-8H,9-16H2,1H3,(H,26,27). The van der Waals surface area contributed by atoms with Gasteiger partial charge in [0.25, 0.3) is 0 Å². The van der Waals surface area contributed by atoms with Gasteiger partial charge in [-0.15, -0.1) is 0 Å². The number of hydrogen-bond donors (Lipinski definition) is 1. The van der Waals surface area contributed by atoms with Gasteiger partial charge in [-0.25, -0.2) is 0 Å². The number of piperazine rings is 1. The highest BCUT2D eigenvalue weighted by Gasteiger charge is 2.22. The Balaban J connectivity index is 1.50. The lowest BCUT2D eigenvalue weighted by Crippen LogP contribution is -2.50. The molecule has 0 saturated carbocycles. The van der Waals surface area contributed by atoms with Gasteiger partial charge in [0.1, 0.15) is 0 Å². The Bertz CT molecular complexity index is 795. The molecule has 6 nitrogen and oxygen atoms in total. The Hall–Kier alpha value is -2.44. The molecule has 27 heavy (non-hydrogen) atoms. The molecule has 144 valence electrons. The van der Waals surface area contributed by atoms with E-state index in [9.17, 15) is 9.59 Å². The van der Waals surface area contributed by atoms with Crippen LogP contribution in [0.3, 0.4) is 0 Å². The zero-order valence-corrected chi connectivity index (χ0v) is 15.8. The Morgan fingerprint density at radius 1 is 1.04 bits per heavy atom. The average Bonchev–Trinajstić information content (AvgIpc) is 2.67. The van der Waals surface area contributed by atoms with Gasteiger partial charge in [-0.2, -0.15) is 0 Å². The van der Waals surface area contributed by atoms with Gasteiger partial charge in [-0.05, 0) is 23.4 Å². The summed E-state index contributed by atoms with van der Waals surface area (Å²) in [5.74, 6) is -0.760. The second-order valence-electron chi connectivity index (χ2n) is 7.18. The van der Waals surface area contributed by atoms with Crippen LogP contribution in [0.2, 0.25) is 0 Å². The van der Waals surface area contributed by atoms with Gasteiger partial charge >= 0.3 is 5.97 Å². The van der Waals surface area contributed by atoms with Crippen molar-refractivity contribution in [3.8, 4) is 0 Å². The molecule has 0 bridgehead atoms. The first-order valence-corrected chi connectivity index (χ1v) is 9.40. The Morgan fingerprint density at radius 2 is 1.74 bits per heavy atom. The van der Waals surface area contributed by atoms with E-state index in [1.807, 2.05) is 4.90 Å². The third-order valence-corrected chi connectivity index (χ3v) is 5.11. The van der Waals surface area contributed by atoms with Gasteiger partial charge in [0.15, 0.2) is 0 Å². The van der Waals surface area contributed by atoms with Crippen molar-refractivity contribution in [1.29, 1.82) is 0 Å². The summed E-state index contributed by atoms with van der Waals surface area (Å²) in [7, 11) is 1.79. The minimum Gasteiger partial charge on any atom is -0.481 e. The number of hydrogen-bond acceptors (Lipinski definition) is 4. The highest BCUT2D eigenvalue weighted by Crippen LogP contribution is 2.20. The van der Waals surface area contributed by atoms with Crippen LogP contribution in [0.1, 0.15) is 12.0 Å². The summed E-state index contributed by atoms with van der Waals surface area (Å²) in [4.78, 5) is 29.1. The molecule has 1 amide bonds. The number of carbonyl (C=O) groups is 2. The van der Waals surface area contributed by atoms with Crippen molar-refractivity contribution in [3.63, 3.8) is 0 Å². The molecule has 1 heterocycles. The van der Waals surface area contributed by atoms with Crippen molar-refractivity contribution in [1.82, 2.24) is 14.7 Å². The van der Waals surface area contributed by atoms with Crippen molar-refractivity contribution < 1.29 is 14.7 Å². The molecule has 1 N–H and O–H groups in total. The third-order valence-electron chi connectivity index (χ3n) is 5.11. The number of aliphatic carboxylic acids is 1. The van der Waals surface area contributed by atoms with Crippen molar-refractivity contribution >= 4 is 22.6 Å². The van der Waals surface area contributed by atoms with E-state index in [0.29, 0.717) is 6.54 Å². The van der Waals surface area contributed by atoms with Crippen LogP contribution in [0.15, 0.2) is 42.5 Å². The number of fused-ring (bicyclic) bond motifs is 1. The molecule has 0 aliphatic carbocycles. The highest BCUT2D eigenvalue weighted by atomic mass is 16.4. The molecular weight excluding hydrogens is 342 g/mol. The van der Waals surface area contributed by atoms with Gasteiger partial charge in [-0.3, -0.25) is 19.4 Å². The van der Waals surface area contributed by atoms with Crippen molar-refractivity contribution in [2.24, 2.45) is 0 Å². The number of carbonyl (C=O) groups excluding carboxylic acids is 1. The molecular formula is C21H27N3O3. The largest absolute Gasteiger partial charge is 0.481 e. The molecule has 1 fully saturated rings. The molecule has 6 heteroatoms. The number of likely N-dealkylation sites (N-methyl/N-ethyl adjacent to an activating group) is 1. The van der Waals surface area contributed by atoms with Gasteiger partial charge in [-0.1, -0.05) is 42.5 Å². The van der Waals surface area contributed by atoms with Crippen LogP contribution in [0, 0.1) is 0 Å². The van der Waals surface area contributed by atoms with Gasteiger partial charge in [0, 0.05) is 39.3 Å². The Morgan fingerprint density at radius 3 is 2.48 bits per heavy atom. The summed E-state index contributed by atoms with van der Waals surface area (Å²) in [6.07, 6.45) is 0.0581. The van der Waals surface area contributed by atoms with E-state index in [2.05, 4.69) is 47.4 Å². The smallest absolute Gasteiger partial charge is 0.304 e. The SMILES string of the molecule is CN(CCC(=O)O)CC(=O)N1CCN(Cc2cccc3ccccc23)CC1. The molecule has 0 spiro atoms. The third kappa shape index (κ3) is 5.28. The first-order chi connectivity index (χ1) is 13.0. The molecule has 0 radical (unpaired) electrons. The lowest BCUT2D eigenvalue weighted by molar-refractivity contribution is -0.138. The number of rotatable bonds is 7. The van der Waals surface area contributed by atoms with Gasteiger partial charge in [0.2, 0.25) is 5.91 Å². The zero-order chi connectivity index (χ0) is 19.2. The minimum absolute atomic E-state index is 0.0581. The van der Waals surface area contributed by atoms with Crippen molar-refractivity contribution in [2.45, 2.75) is 13.0 Å². The first-order valence-electron chi connectivity index (χ1n) is 9.40. The molecule has 1 saturated heterocycles. The van der Waals surface area contributed by atoms with Crippen LogP contribution >= 0.6 is 0 Å². The predicted molar refractivity (Wildman–Crippen MR) is 106 cm³/mol. The van der Waals surface area contributed by atoms with Crippen molar-refractivity contribution in [2.75, 3.05) is 46.3 Å². The van der Waals surface area contributed by atoms with E-state index in [1.54, 1.807) is 11.9 Å². The molecule has 0 atom stereocenters. The number of carboxylic acids is 1. The second kappa shape index (κ2) is 8.97. The van der Waals surface area contributed by atoms with Crippen LogP contribution in [0.25, 0.3) is 10.8 Å². The van der Waals surface area contributed by atoms with Crippen LogP contribution < -0.4 is 0 Å². The highest BCUT2D eigenvalue weighted by molar-refractivity contribution is 5.85. The molecule has 2 aromatic rings. The van der Waals surface area contributed by atoms with Gasteiger partial charge < -0.3 is 10.0 Å². The normalized spacial score (nSPS) is 15.4. The Kier molecular flexibility index (Phi) is 6.42. The summed E-state index contributed by atoms with van der Waals surface area (Å²) in [6.45, 7) is 4.70. The van der Waals surface area contributed by atoms with E-state index in [1.165, 1.54) is 16.3 Å². The van der Waals surface area contributed by atoms with E-state index in [-0.39, 0.29) is 18.9 Å². The average molecular weight is 369 g/mol. The lowest BCUT2D eigenvalue weighted by atomic mass is 10.0. The fourth-order valence-corrected chi connectivity index (χ4v) is 3.52. The van der Waals surface area contributed by atoms with Crippen LogP contribution in [0.5, 0.6) is 0 Å². The van der Waals surface area contributed by atoms with Crippen molar-refractivity contribution in [3.05, 3.63) is 48.0 Å². The maximum absolute atomic E-state index is 12.4. The van der Waals surface area contributed by atoms with E-state index in [0.717, 1.165) is 32.7 Å². The topological polar surface area (TPSA) is 64.1 Å². The summed E-state index contributed by atoms with van der Waals surface area (Å²) in [5, 5.41) is 11.3. The summed E-state index contributed by atoms with van der Waals surface area (Å²) < 4.78 is 0. The van der Waals surface area contributed by atoms with E-state index >= 15 is 0 Å². The maximum atomic E-state index is 12.4. The van der Waals surface area contributed by atoms with Crippen LogP contribution in [-0.2, 0) is 16.1 Å². The van der Waals surface area contributed by atoms with Crippen LogP contribution in [-0.4, -0.2) is 78.0 Å². The summed E-state index contributed by atoms with van der Waals surface area (Å²) in [5.41, 5.74) is 1.32. The predicted octanol–water partition coefficient (Wildman–Crippen LogP) is 1.89. The summed E-state index contributed by atoms with van der Waals surface area (Å²) in [6, 6.07) is 14.8. The first kappa shape index (κ1) is 19.3. The molecule has 0 unspecified atom stereocenters. The molecule has 1 aliphatic heterocycles. The molecule has 3 rings (SSSR count). The molecule has 1 aliphatic rings. The monoisotopic (exact) mass is 369 g/mol. The lowest BCUT2D eigenvalue weighted by Gasteiger charge is -2.35. The summed E-state index contributed by atoms with van der Waals surface area (Å²) >= 11 is 0. The number of nitrogens with zero attached hydrogens (tertiary/aromatic N) is 3. The Labute approximate surface area is 160 Å². The van der Waals surface area contributed by atoms with E-state index < -0.39 is 5.97 Å². The quantitative estimate of drug-likeness (QED) is 0.808. The van der Waals surface area contributed by atoms with Gasteiger partial charge in [0.05, 0.1) is 13.0 Å². The second-order valence-corrected chi connectivity index (χ2v) is 7.18. The maximum Gasteiger partial charge on any atom is 0.304 e. The fourth-order valence-electron chi connectivity index (χ4n) is 3.52. The fraction of sp³-hybridized carbons (Fsp3) is 0.429. The molecule has 0 aromatic heterocycles. The number of amides is 1. The zero-order valence-electron chi connectivity index (χ0n) is 15.8. The molecule has 2 aromatic carbocycles. The number of carboxylic acid groups (broad SMARTS) is 1. The number of benzene rings is 2. The van der Waals surface area contributed by atoms with E-state index in [4.69, 9.17) is 5.11 Å².